The second-order valence-corrected chi connectivity index (χ2v) is 19.8. The molecule has 0 bridgehead atoms. The van der Waals surface area contributed by atoms with Crippen LogP contribution in [0.25, 0.3) is 10.9 Å². The second kappa shape index (κ2) is 16.4. The molecule has 7 aliphatic rings. The number of halogens is 2. The number of anilines is 1. The molecule has 350 valence electrons. The van der Waals surface area contributed by atoms with E-state index in [4.69, 9.17) is 18.9 Å². The van der Waals surface area contributed by atoms with E-state index in [0.717, 1.165) is 38.3 Å². The number of rotatable bonds is 12. The number of aliphatic hydroxyl groups is 2. The number of nitrogens with zero attached hydrogens (tertiary/aromatic N) is 2. The predicted octanol–water partition coefficient (Wildman–Crippen LogP) is 4.57. The van der Waals surface area contributed by atoms with E-state index in [0.29, 0.717) is 42.9 Å². The van der Waals surface area contributed by atoms with E-state index in [1.807, 2.05) is 4.90 Å². The third-order valence-electron chi connectivity index (χ3n) is 16.4. The molecule has 10 atom stereocenters. The van der Waals surface area contributed by atoms with Gasteiger partial charge in [0.2, 0.25) is 18.0 Å². The zero-order chi connectivity index (χ0) is 46.4. The summed E-state index contributed by atoms with van der Waals surface area (Å²) in [5.41, 5.74) is -6.62. The monoisotopic (exact) mass is 905 g/mol. The van der Waals surface area contributed by atoms with Gasteiger partial charge in [-0.3, -0.25) is 24.0 Å². The van der Waals surface area contributed by atoms with Crippen molar-refractivity contribution in [2.24, 2.45) is 34.5 Å². The van der Waals surface area contributed by atoms with E-state index in [-0.39, 0.29) is 53.1 Å². The molecule has 65 heavy (non-hydrogen) atoms. The summed E-state index contributed by atoms with van der Waals surface area (Å²) in [5.74, 6) is -6.03. The van der Waals surface area contributed by atoms with Gasteiger partial charge >= 0.3 is 17.9 Å². The maximum Gasteiger partial charge on any atom is 0.346 e. The molecule has 2 aliphatic heterocycles. The van der Waals surface area contributed by atoms with Gasteiger partial charge < -0.3 is 43.9 Å². The summed E-state index contributed by atoms with van der Waals surface area (Å²) in [6.07, 6.45) is 7.44. The molecule has 0 spiro atoms. The van der Waals surface area contributed by atoms with Crippen LogP contribution in [0.4, 0.5) is 14.5 Å². The number of allylic oxidation sites excluding steroid dienone is 4. The molecule has 4 saturated carbocycles. The topological polar surface area (TPSA) is 200 Å². The first kappa shape index (κ1) is 45.2. The van der Waals surface area contributed by atoms with Gasteiger partial charge in [-0.25, -0.2) is 13.6 Å². The SMILES string of the molecule is COc1c(N2CC3CCCNC3C2)c(F)cc2c(=O)c(C(=O)OCOC(=O)CCC(=O)OCC(=O)[C@]3(O)[C@H](C)C[C@@H]4[C@H]5CCC6=CC(=O)C=C[C@@]6(C)[C@]5(F)[C@H](O)C[C@]43C)cn(C3CC3)c12. The van der Waals surface area contributed by atoms with Gasteiger partial charge in [0.25, 0.3) is 0 Å². The Kier molecular flexibility index (Phi) is 11.4. The van der Waals surface area contributed by atoms with E-state index in [1.165, 1.54) is 31.5 Å². The van der Waals surface area contributed by atoms with Crippen LogP contribution < -0.4 is 20.4 Å². The molecule has 1 aromatic heterocycles. The molecule has 3 N–H and O–H groups in total. The Morgan fingerprint density at radius 2 is 1.74 bits per heavy atom. The van der Waals surface area contributed by atoms with Crippen molar-refractivity contribution in [3.63, 3.8) is 0 Å². The number of nitrogens with one attached hydrogen (secondary N) is 1. The van der Waals surface area contributed by atoms with Gasteiger partial charge in [-0.05, 0) is 101 Å². The molecule has 2 aromatic rings. The number of pyridine rings is 1. The molecule has 1 aromatic carbocycles. The molecule has 3 heterocycles. The highest BCUT2D eigenvalue weighted by Crippen LogP contribution is 2.70. The van der Waals surface area contributed by atoms with E-state index >= 15 is 8.78 Å². The Balaban J connectivity index is 0.798. The second-order valence-electron chi connectivity index (χ2n) is 19.8. The van der Waals surface area contributed by atoms with Crippen LogP contribution in [0, 0.1) is 40.3 Å². The number of carbonyl (C=O) groups excluding carboxylic acids is 5. The summed E-state index contributed by atoms with van der Waals surface area (Å²) in [4.78, 5) is 80.4. The molecule has 15 nitrogen and oxygen atoms in total. The Bertz CT molecular complexity index is 2470. The number of ketones is 2. The Labute approximate surface area is 374 Å². The van der Waals surface area contributed by atoms with Crippen LogP contribution in [-0.2, 0) is 33.4 Å². The summed E-state index contributed by atoms with van der Waals surface area (Å²) in [5, 5.41) is 27.2. The third-order valence-corrected chi connectivity index (χ3v) is 16.4. The number of alkyl halides is 1. The van der Waals surface area contributed by atoms with Crippen molar-refractivity contribution in [2.75, 3.05) is 45.0 Å². The lowest BCUT2D eigenvalue weighted by atomic mass is 9.44. The molecule has 17 heteroatoms. The summed E-state index contributed by atoms with van der Waals surface area (Å²) >= 11 is 0. The summed E-state index contributed by atoms with van der Waals surface area (Å²) in [6.45, 7) is 5.45. The first-order valence-electron chi connectivity index (χ1n) is 22.9. The lowest BCUT2D eigenvalue weighted by Crippen LogP contribution is -2.69. The molecule has 2 unspecified atom stereocenters. The van der Waals surface area contributed by atoms with Crippen molar-refractivity contribution < 1.29 is 61.9 Å². The summed E-state index contributed by atoms with van der Waals surface area (Å²) in [7, 11) is 1.43. The minimum Gasteiger partial charge on any atom is -0.492 e. The smallest absolute Gasteiger partial charge is 0.346 e. The highest BCUT2D eigenvalue weighted by molar-refractivity contribution is 6.01. The Morgan fingerprint density at radius 3 is 2.45 bits per heavy atom. The zero-order valence-electron chi connectivity index (χ0n) is 37.2. The lowest BCUT2D eigenvalue weighted by molar-refractivity contribution is -0.220. The van der Waals surface area contributed by atoms with E-state index < -0.39 is 107 Å². The van der Waals surface area contributed by atoms with Crippen molar-refractivity contribution in [3.05, 3.63) is 57.7 Å². The number of aromatic nitrogens is 1. The van der Waals surface area contributed by atoms with Crippen LogP contribution in [0.3, 0.4) is 0 Å². The van der Waals surface area contributed by atoms with Crippen LogP contribution in [0.15, 0.2) is 40.9 Å². The molecule has 0 amide bonds. The van der Waals surface area contributed by atoms with Gasteiger partial charge in [0.15, 0.2) is 29.6 Å². The molecule has 2 saturated heterocycles. The minimum atomic E-state index is -2.15. The van der Waals surface area contributed by atoms with Crippen LogP contribution in [-0.4, -0.2) is 108 Å². The fourth-order valence-corrected chi connectivity index (χ4v) is 12.9. The third kappa shape index (κ3) is 7.04. The van der Waals surface area contributed by atoms with E-state index in [1.54, 1.807) is 25.3 Å². The standard InChI is InChI=1S/C48H57F2N3O12/c1-25-16-33-32-10-7-27-17-29(54)13-14-45(27,2)47(32,50)36(55)19-46(33,3)48(25,61)37(56)23-63-38(57)11-12-39(58)64-24-65-44(60)31-21-53(28-8-9-28)40-30(42(31)59)18-34(49)41(43(40)62-4)52-20-26-6-5-15-51-35(26)22-52/h13-14,17-18,21,25-26,28,32-33,35-36,51,55,61H,5-12,15-16,19-20,22-24H2,1-4H3/t25-,26?,32-,33-,35?,36-,45-,46-,47-,48-/m1/s1. The van der Waals surface area contributed by atoms with Gasteiger partial charge in [0.1, 0.15) is 16.9 Å². The highest BCUT2D eigenvalue weighted by atomic mass is 19.1. The number of aliphatic hydroxyl groups excluding tert-OH is 1. The number of Topliss-reactive ketones (excluding diaryl/α,β-unsaturated/α-hetero) is 1. The number of methoxy groups -OCH3 is 1. The molecule has 5 aliphatic carbocycles. The van der Waals surface area contributed by atoms with Crippen molar-refractivity contribution >= 4 is 46.1 Å². The maximum atomic E-state index is 17.5. The van der Waals surface area contributed by atoms with Gasteiger partial charge in [0.05, 0.1) is 37.0 Å². The van der Waals surface area contributed by atoms with Crippen LogP contribution in [0.5, 0.6) is 5.75 Å². The largest absolute Gasteiger partial charge is 0.492 e. The molecule has 0 radical (unpaired) electrons. The molecular formula is C48H57F2N3O12. The number of hydrogen-bond donors (Lipinski definition) is 3. The van der Waals surface area contributed by atoms with Crippen molar-refractivity contribution in [3.8, 4) is 5.75 Å². The Morgan fingerprint density at radius 1 is 1.00 bits per heavy atom. The highest BCUT2D eigenvalue weighted by Gasteiger charge is 2.75. The molecule has 6 fully saturated rings. The van der Waals surface area contributed by atoms with Crippen LogP contribution in [0.2, 0.25) is 0 Å². The fourth-order valence-electron chi connectivity index (χ4n) is 12.9. The van der Waals surface area contributed by atoms with Crippen molar-refractivity contribution in [1.82, 2.24) is 9.88 Å². The maximum absolute atomic E-state index is 17.5. The number of carbonyl (C=O) groups is 5. The van der Waals surface area contributed by atoms with Gasteiger partial charge in [0, 0.05) is 48.1 Å². The number of piperidine rings is 1. The van der Waals surface area contributed by atoms with Gasteiger partial charge in [-0.15, -0.1) is 0 Å². The normalized spacial score (nSPS) is 34.8. The quantitative estimate of drug-likeness (QED) is 0.198. The first-order chi connectivity index (χ1) is 30.9. The zero-order valence-corrected chi connectivity index (χ0v) is 37.2. The van der Waals surface area contributed by atoms with Crippen molar-refractivity contribution in [1.29, 1.82) is 0 Å². The van der Waals surface area contributed by atoms with Crippen LogP contribution in [0.1, 0.15) is 101 Å². The van der Waals surface area contributed by atoms with E-state index in [9.17, 15) is 39.0 Å². The predicted molar refractivity (Wildman–Crippen MR) is 229 cm³/mol. The first-order valence-corrected chi connectivity index (χ1v) is 22.9. The van der Waals surface area contributed by atoms with Gasteiger partial charge in [-0.1, -0.05) is 25.5 Å². The number of benzene rings is 1. The minimum absolute atomic E-state index is 0.0545. The summed E-state index contributed by atoms with van der Waals surface area (Å²) < 4.78 is 56.5. The van der Waals surface area contributed by atoms with Crippen molar-refractivity contribution in [2.45, 2.75) is 114 Å². The average Bonchev–Trinajstić information content (AvgIpc) is 4.00. The van der Waals surface area contributed by atoms with Crippen LogP contribution >= 0.6 is 0 Å². The number of esters is 3. The Hall–Kier alpha value is -5.00. The average molecular weight is 906 g/mol. The fraction of sp³-hybridized carbons (Fsp3) is 0.625. The van der Waals surface area contributed by atoms with Gasteiger partial charge in [-0.2, -0.15) is 0 Å². The number of fused-ring (bicyclic) bond motifs is 7. The lowest BCUT2D eigenvalue weighted by Gasteiger charge is -2.62. The number of ether oxygens (including phenoxy) is 4. The molecule has 9 rings (SSSR count). The molecular weight excluding hydrogens is 849 g/mol. The summed E-state index contributed by atoms with van der Waals surface area (Å²) in [6, 6.07) is 1.29. The van der Waals surface area contributed by atoms with E-state index in [2.05, 4.69) is 5.32 Å². The number of hydrogen-bond acceptors (Lipinski definition) is 14.